The average molecular weight is 184 g/mol. The third-order valence-corrected chi connectivity index (χ3v) is 2.58. The van der Waals surface area contributed by atoms with Crippen LogP contribution in [-0.4, -0.2) is 38.0 Å². The molecule has 2 bridgehead atoms. The summed E-state index contributed by atoms with van der Waals surface area (Å²) in [5.74, 6) is -1.27. The topological polar surface area (TPSA) is 44.8 Å². The fraction of sp³-hybridized carbons (Fsp3) is 0.667. The molecule has 72 valence electrons. The minimum atomic E-state index is -1.22. The van der Waals surface area contributed by atoms with Gasteiger partial charge in [-0.15, -0.1) is 0 Å². The van der Waals surface area contributed by atoms with E-state index in [1.165, 1.54) is 14.2 Å². The molecule has 2 rings (SSSR count). The lowest BCUT2D eigenvalue weighted by molar-refractivity contribution is -0.258. The number of carbonyl (C=O) groups excluding carboxylic acids is 1. The van der Waals surface area contributed by atoms with Gasteiger partial charge in [-0.3, -0.25) is 4.79 Å². The first-order valence-electron chi connectivity index (χ1n) is 4.20. The van der Waals surface area contributed by atoms with Crippen molar-refractivity contribution >= 4 is 5.78 Å². The number of ether oxygens (including phenoxy) is 3. The van der Waals surface area contributed by atoms with Gasteiger partial charge in [-0.25, -0.2) is 0 Å². The summed E-state index contributed by atoms with van der Waals surface area (Å²) in [6, 6.07) is 0. The van der Waals surface area contributed by atoms with E-state index in [-0.39, 0.29) is 11.9 Å². The smallest absolute Gasteiger partial charge is 0.259 e. The maximum absolute atomic E-state index is 11.7. The molecule has 0 aromatic carbocycles. The Morgan fingerprint density at radius 1 is 1.46 bits per heavy atom. The fourth-order valence-corrected chi connectivity index (χ4v) is 1.86. The molecule has 2 atom stereocenters. The lowest BCUT2D eigenvalue weighted by Crippen LogP contribution is -2.56. The summed E-state index contributed by atoms with van der Waals surface area (Å²) < 4.78 is 15.7. The van der Waals surface area contributed by atoms with Crippen molar-refractivity contribution in [1.82, 2.24) is 0 Å². The first-order valence-corrected chi connectivity index (χ1v) is 4.20. The predicted molar refractivity (Wildman–Crippen MR) is 44.2 cm³/mol. The summed E-state index contributed by atoms with van der Waals surface area (Å²) in [7, 11) is 2.91. The second kappa shape index (κ2) is 2.90. The van der Waals surface area contributed by atoms with Gasteiger partial charge in [0.1, 0.15) is 6.10 Å². The Morgan fingerprint density at radius 3 is 2.77 bits per heavy atom. The van der Waals surface area contributed by atoms with Crippen LogP contribution in [-0.2, 0) is 19.0 Å². The molecule has 2 aliphatic heterocycles. The highest BCUT2D eigenvalue weighted by molar-refractivity contribution is 5.89. The summed E-state index contributed by atoms with van der Waals surface area (Å²) in [6.07, 6.45) is 3.55. The monoisotopic (exact) mass is 184 g/mol. The van der Waals surface area contributed by atoms with Crippen LogP contribution in [0.5, 0.6) is 0 Å². The zero-order valence-electron chi connectivity index (χ0n) is 7.65. The van der Waals surface area contributed by atoms with E-state index in [0.29, 0.717) is 6.42 Å². The molecular weight excluding hydrogens is 172 g/mol. The molecule has 0 aromatic rings. The Labute approximate surface area is 76.5 Å². The highest BCUT2D eigenvalue weighted by Gasteiger charge is 2.53. The highest BCUT2D eigenvalue weighted by Crippen LogP contribution is 2.34. The molecule has 0 aromatic heterocycles. The number of ketones is 1. The standard InChI is InChI=1S/C9H12O4/c1-11-9(12-2)7(10)5-6-3-4-8(9)13-6/h3-4,6,8H,5H2,1-2H3/t6-,8+/m1/s1. The second-order valence-electron chi connectivity index (χ2n) is 3.18. The molecule has 4 heteroatoms. The minimum absolute atomic E-state index is 0.0521. The Morgan fingerprint density at radius 2 is 2.15 bits per heavy atom. The van der Waals surface area contributed by atoms with Crippen molar-refractivity contribution in [2.75, 3.05) is 14.2 Å². The van der Waals surface area contributed by atoms with Gasteiger partial charge in [-0.05, 0) is 0 Å². The Hall–Kier alpha value is -0.710. The molecule has 0 saturated carbocycles. The van der Waals surface area contributed by atoms with E-state index in [2.05, 4.69) is 0 Å². The Bertz CT molecular complexity index is 254. The van der Waals surface area contributed by atoms with E-state index in [1.807, 2.05) is 12.2 Å². The normalized spacial score (nSPS) is 35.4. The molecule has 1 fully saturated rings. The summed E-state index contributed by atoms with van der Waals surface area (Å²) in [5.41, 5.74) is 0. The molecule has 0 radical (unpaired) electrons. The van der Waals surface area contributed by atoms with Gasteiger partial charge in [0.05, 0.1) is 6.10 Å². The number of carbonyl (C=O) groups is 1. The summed E-state index contributed by atoms with van der Waals surface area (Å²) in [5, 5.41) is 0. The van der Waals surface area contributed by atoms with Gasteiger partial charge in [0, 0.05) is 20.6 Å². The third kappa shape index (κ3) is 1.06. The quantitative estimate of drug-likeness (QED) is 0.456. The number of Topliss-reactive ketones (excluding diaryl/α,β-unsaturated/α-hetero) is 1. The molecular formula is C9H12O4. The Balaban J connectivity index is 2.33. The maximum atomic E-state index is 11.7. The van der Waals surface area contributed by atoms with E-state index in [0.717, 1.165) is 0 Å². The minimum Gasteiger partial charge on any atom is -0.360 e. The lowest BCUT2D eigenvalue weighted by Gasteiger charge is -2.37. The number of hydrogen-bond donors (Lipinski definition) is 0. The SMILES string of the molecule is COC1(OC)C(=O)C[C@H]2C=C[C@@H]1O2. The van der Waals surface area contributed by atoms with Crippen LogP contribution < -0.4 is 0 Å². The highest BCUT2D eigenvalue weighted by atomic mass is 16.7. The van der Waals surface area contributed by atoms with Crippen molar-refractivity contribution in [2.24, 2.45) is 0 Å². The summed E-state index contributed by atoms with van der Waals surface area (Å²) >= 11 is 0. The molecule has 0 unspecified atom stereocenters. The maximum Gasteiger partial charge on any atom is 0.259 e. The summed E-state index contributed by atoms with van der Waals surface area (Å²) in [6.45, 7) is 0. The van der Waals surface area contributed by atoms with E-state index < -0.39 is 11.9 Å². The lowest BCUT2D eigenvalue weighted by atomic mass is 10.00. The van der Waals surface area contributed by atoms with Gasteiger partial charge >= 0.3 is 0 Å². The van der Waals surface area contributed by atoms with Crippen LogP contribution in [0.3, 0.4) is 0 Å². The number of rotatable bonds is 2. The second-order valence-corrected chi connectivity index (χ2v) is 3.18. The molecule has 0 amide bonds. The molecule has 4 nitrogen and oxygen atoms in total. The molecule has 0 aliphatic carbocycles. The van der Waals surface area contributed by atoms with Crippen LogP contribution in [0.1, 0.15) is 6.42 Å². The van der Waals surface area contributed by atoms with Crippen LogP contribution in [0.4, 0.5) is 0 Å². The first kappa shape index (κ1) is 8.87. The third-order valence-electron chi connectivity index (χ3n) is 2.58. The zero-order valence-corrected chi connectivity index (χ0v) is 7.65. The van der Waals surface area contributed by atoms with Gasteiger partial charge in [-0.2, -0.15) is 0 Å². The van der Waals surface area contributed by atoms with Crippen LogP contribution >= 0.6 is 0 Å². The zero-order chi connectivity index (χ0) is 9.47. The van der Waals surface area contributed by atoms with Gasteiger partial charge < -0.3 is 14.2 Å². The van der Waals surface area contributed by atoms with Crippen LogP contribution in [0.2, 0.25) is 0 Å². The van der Waals surface area contributed by atoms with E-state index >= 15 is 0 Å². The van der Waals surface area contributed by atoms with Crippen molar-refractivity contribution in [3.05, 3.63) is 12.2 Å². The molecule has 13 heavy (non-hydrogen) atoms. The number of methoxy groups -OCH3 is 2. The van der Waals surface area contributed by atoms with Gasteiger partial charge in [0.15, 0.2) is 5.78 Å². The number of hydrogen-bond acceptors (Lipinski definition) is 4. The molecule has 0 spiro atoms. The van der Waals surface area contributed by atoms with Crippen LogP contribution in [0.25, 0.3) is 0 Å². The van der Waals surface area contributed by atoms with E-state index in [9.17, 15) is 4.79 Å². The molecule has 2 aliphatic rings. The van der Waals surface area contributed by atoms with Crippen molar-refractivity contribution < 1.29 is 19.0 Å². The van der Waals surface area contributed by atoms with Crippen molar-refractivity contribution in [3.63, 3.8) is 0 Å². The van der Waals surface area contributed by atoms with Gasteiger partial charge in [-0.1, -0.05) is 12.2 Å². The number of fused-ring (bicyclic) bond motifs is 2. The van der Waals surface area contributed by atoms with E-state index in [1.54, 1.807) is 0 Å². The van der Waals surface area contributed by atoms with Crippen LogP contribution in [0.15, 0.2) is 12.2 Å². The molecule has 2 heterocycles. The first-order chi connectivity index (χ1) is 6.23. The Kier molecular flexibility index (Phi) is 1.98. The average Bonchev–Trinajstić information content (AvgIpc) is 2.53. The summed E-state index contributed by atoms with van der Waals surface area (Å²) in [4.78, 5) is 11.7. The molecule has 1 saturated heterocycles. The largest absolute Gasteiger partial charge is 0.360 e. The van der Waals surface area contributed by atoms with Gasteiger partial charge in [0.2, 0.25) is 0 Å². The van der Waals surface area contributed by atoms with Crippen LogP contribution in [0, 0.1) is 0 Å². The van der Waals surface area contributed by atoms with Crippen molar-refractivity contribution in [1.29, 1.82) is 0 Å². The van der Waals surface area contributed by atoms with E-state index in [4.69, 9.17) is 14.2 Å². The van der Waals surface area contributed by atoms with Crippen molar-refractivity contribution in [2.45, 2.75) is 24.4 Å². The van der Waals surface area contributed by atoms with Crippen molar-refractivity contribution in [3.8, 4) is 0 Å². The predicted octanol–water partition coefficient (Wildman–Crippen LogP) is 0.272. The molecule has 0 N–H and O–H groups in total. The van der Waals surface area contributed by atoms with Gasteiger partial charge in [0.25, 0.3) is 5.79 Å². The fourth-order valence-electron chi connectivity index (χ4n) is 1.86.